The molecule has 3 rings (SSSR count). The van der Waals surface area contributed by atoms with Crippen molar-refractivity contribution in [3.05, 3.63) is 11.6 Å². The van der Waals surface area contributed by atoms with Gasteiger partial charge in [0.2, 0.25) is 0 Å². The second-order valence-corrected chi connectivity index (χ2v) is 5.36. The molecule has 0 amide bonds. The van der Waals surface area contributed by atoms with Gasteiger partial charge in [-0.05, 0) is 25.7 Å². The van der Waals surface area contributed by atoms with Gasteiger partial charge in [0.25, 0.3) is 0 Å². The van der Waals surface area contributed by atoms with Gasteiger partial charge in [-0.15, -0.1) is 0 Å². The minimum Gasteiger partial charge on any atom is -0.480 e. The summed E-state index contributed by atoms with van der Waals surface area (Å²) in [4.78, 5) is 15.3. The smallest absolute Gasteiger partial charge is 0.325 e. The summed E-state index contributed by atoms with van der Waals surface area (Å²) in [6.07, 6.45) is 4.44. The van der Waals surface area contributed by atoms with Crippen LogP contribution in [0.2, 0.25) is 0 Å². The highest BCUT2D eigenvalue weighted by Crippen LogP contribution is 2.38. The molecule has 0 aromatic carbocycles. The molecule has 1 atom stereocenters. The Morgan fingerprint density at radius 3 is 2.95 bits per heavy atom. The number of carboxylic acid groups (broad SMARTS) is 1. The molecule has 0 radical (unpaired) electrons. The van der Waals surface area contributed by atoms with E-state index in [2.05, 4.69) is 10.1 Å². The molecule has 0 spiro atoms. The van der Waals surface area contributed by atoms with Crippen LogP contribution in [-0.4, -0.2) is 45.2 Å². The normalized spacial score (nSPS) is 22.3. The fourth-order valence-corrected chi connectivity index (χ4v) is 2.33. The molecule has 1 aliphatic heterocycles. The van der Waals surface area contributed by atoms with Gasteiger partial charge in [0.15, 0.2) is 11.6 Å². The predicted molar refractivity (Wildman–Crippen MR) is 68.3 cm³/mol. The highest BCUT2D eigenvalue weighted by molar-refractivity contribution is 5.66. The maximum atomic E-state index is 10.8. The number of aromatic nitrogens is 3. The quantitative estimate of drug-likeness (QED) is 0.800. The Morgan fingerprint density at radius 2 is 2.30 bits per heavy atom. The third kappa shape index (κ3) is 3.34. The summed E-state index contributed by atoms with van der Waals surface area (Å²) in [5.41, 5.74) is 0. The fourth-order valence-electron chi connectivity index (χ4n) is 2.33. The van der Waals surface area contributed by atoms with Crippen molar-refractivity contribution in [3.8, 4) is 0 Å². The molecule has 110 valence electrons. The molecule has 20 heavy (non-hydrogen) atoms. The lowest BCUT2D eigenvalue weighted by atomic mass is 10.2. The summed E-state index contributed by atoms with van der Waals surface area (Å²) in [5.74, 6) is 0.828. The maximum absolute atomic E-state index is 10.8. The number of hydrogen-bond donors (Lipinski definition) is 1. The summed E-state index contributed by atoms with van der Waals surface area (Å²) < 4.78 is 12.5. The van der Waals surface area contributed by atoms with Gasteiger partial charge in [-0.1, -0.05) is 0 Å². The number of ether oxygens (including phenoxy) is 2. The first-order chi connectivity index (χ1) is 9.72. The van der Waals surface area contributed by atoms with E-state index >= 15 is 0 Å². The van der Waals surface area contributed by atoms with Crippen molar-refractivity contribution in [3.63, 3.8) is 0 Å². The molecule has 2 aliphatic rings. The van der Waals surface area contributed by atoms with Crippen molar-refractivity contribution in [2.24, 2.45) is 0 Å². The first kappa shape index (κ1) is 13.5. The van der Waals surface area contributed by atoms with E-state index in [1.807, 2.05) is 0 Å². The van der Waals surface area contributed by atoms with E-state index in [1.165, 1.54) is 4.68 Å². The van der Waals surface area contributed by atoms with Crippen LogP contribution in [0.1, 0.15) is 43.3 Å². The first-order valence-electron chi connectivity index (χ1n) is 7.07. The van der Waals surface area contributed by atoms with Crippen LogP contribution in [-0.2, 0) is 27.4 Å². The molecule has 1 N–H and O–H groups in total. The van der Waals surface area contributed by atoms with E-state index in [0.717, 1.165) is 38.1 Å². The lowest BCUT2D eigenvalue weighted by Crippen LogP contribution is -2.17. The monoisotopic (exact) mass is 281 g/mol. The minimum absolute atomic E-state index is 0.161. The van der Waals surface area contributed by atoms with Crippen LogP contribution in [0.3, 0.4) is 0 Å². The molecule has 1 aromatic rings. The molecule has 7 heteroatoms. The van der Waals surface area contributed by atoms with Gasteiger partial charge < -0.3 is 14.6 Å². The zero-order chi connectivity index (χ0) is 13.9. The van der Waals surface area contributed by atoms with Crippen LogP contribution < -0.4 is 0 Å². The van der Waals surface area contributed by atoms with E-state index in [0.29, 0.717) is 18.3 Å². The molecule has 1 aromatic heterocycles. The summed E-state index contributed by atoms with van der Waals surface area (Å²) in [7, 11) is 0. The molecule has 1 saturated carbocycles. The largest absolute Gasteiger partial charge is 0.480 e. The highest BCUT2D eigenvalue weighted by Gasteiger charge is 2.29. The molecular weight excluding hydrogens is 262 g/mol. The third-order valence-electron chi connectivity index (χ3n) is 3.55. The van der Waals surface area contributed by atoms with Gasteiger partial charge >= 0.3 is 5.97 Å². The van der Waals surface area contributed by atoms with E-state index < -0.39 is 5.97 Å². The summed E-state index contributed by atoms with van der Waals surface area (Å²) in [6, 6.07) is 0. The first-order valence-corrected chi connectivity index (χ1v) is 7.07. The fraction of sp³-hybridized carbons (Fsp3) is 0.769. The standard InChI is InChI=1S/C13H19N3O4/c17-12(18)6-16-11(14-13(15-16)9-3-4-9)8-19-7-10-2-1-5-20-10/h9-10H,1-8H2,(H,17,18)/t10-/m0/s1. The Hall–Kier alpha value is -1.47. The average molecular weight is 281 g/mol. The average Bonchev–Trinajstić information content (AvgIpc) is 2.99. The number of carboxylic acids is 1. The summed E-state index contributed by atoms with van der Waals surface area (Å²) >= 11 is 0. The Morgan fingerprint density at radius 1 is 1.45 bits per heavy atom. The van der Waals surface area contributed by atoms with E-state index in [-0.39, 0.29) is 19.3 Å². The molecule has 0 bridgehead atoms. The van der Waals surface area contributed by atoms with Gasteiger partial charge in [0, 0.05) is 12.5 Å². The number of hydrogen-bond acceptors (Lipinski definition) is 5. The molecule has 0 unspecified atom stereocenters. The van der Waals surface area contributed by atoms with Crippen molar-refractivity contribution in [1.29, 1.82) is 0 Å². The minimum atomic E-state index is -0.919. The zero-order valence-corrected chi connectivity index (χ0v) is 11.3. The van der Waals surface area contributed by atoms with Crippen molar-refractivity contribution in [2.45, 2.75) is 50.9 Å². The lowest BCUT2D eigenvalue weighted by molar-refractivity contribution is -0.138. The Bertz CT molecular complexity index is 478. The Balaban J connectivity index is 1.59. The Labute approximate surface area is 116 Å². The van der Waals surface area contributed by atoms with Crippen LogP contribution in [0.15, 0.2) is 0 Å². The highest BCUT2D eigenvalue weighted by atomic mass is 16.5. The van der Waals surface area contributed by atoms with Gasteiger partial charge in [-0.3, -0.25) is 4.79 Å². The number of aliphatic carboxylic acids is 1. The summed E-state index contributed by atoms with van der Waals surface area (Å²) in [5, 5.41) is 13.2. The van der Waals surface area contributed by atoms with E-state index in [9.17, 15) is 4.79 Å². The number of rotatable bonds is 7. The number of carbonyl (C=O) groups is 1. The van der Waals surface area contributed by atoms with Gasteiger partial charge in [-0.2, -0.15) is 5.10 Å². The van der Waals surface area contributed by atoms with Gasteiger partial charge in [0.1, 0.15) is 13.2 Å². The molecule has 7 nitrogen and oxygen atoms in total. The molecule has 2 fully saturated rings. The number of nitrogens with zero attached hydrogens (tertiary/aromatic N) is 3. The molecule has 1 saturated heterocycles. The molecule has 1 aliphatic carbocycles. The lowest BCUT2D eigenvalue weighted by Gasteiger charge is -2.09. The molecular formula is C13H19N3O4. The second kappa shape index (κ2) is 5.88. The van der Waals surface area contributed by atoms with Gasteiger partial charge in [0.05, 0.1) is 12.7 Å². The SMILES string of the molecule is O=C(O)Cn1nc(C2CC2)nc1COC[C@@H]1CCCO1. The second-order valence-electron chi connectivity index (χ2n) is 5.36. The van der Waals surface area contributed by atoms with Crippen molar-refractivity contribution >= 4 is 5.97 Å². The maximum Gasteiger partial charge on any atom is 0.325 e. The zero-order valence-electron chi connectivity index (χ0n) is 11.3. The predicted octanol–water partition coefficient (Wildman–Crippen LogP) is 0.936. The van der Waals surface area contributed by atoms with E-state index in [1.54, 1.807) is 0 Å². The van der Waals surface area contributed by atoms with Crippen LogP contribution in [0, 0.1) is 0 Å². The Kier molecular flexibility index (Phi) is 3.98. The summed E-state index contributed by atoms with van der Waals surface area (Å²) in [6.45, 7) is 1.44. The van der Waals surface area contributed by atoms with Crippen LogP contribution in [0.25, 0.3) is 0 Å². The van der Waals surface area contributed by atoms with Crippen LogP contribution >= 0.6 is 0 Å². The van der Waals surface area contributed by atoms with E-state index in [4.69, 9.17) is 14.6 Å². The van der Waals surface area contributed by atoms with Crippen LogP contribution in [0.5, 0.6) is 0 Å². The molecule has 2 heterocycles. The van der Waals surface area contributed by atoms with Crippen molar-refractivity contribution in [2.75, 3.05) is 13.2 Å². The van der Waals surface area contributed by atoms with Crippen LogP contribution in [0.4, 0.5) is 0 Å². The third-order valence-corrected chi connectivity index (χ3v) is 3.55. The van der Waals surface area contributed by atoms with Crippen molar-refractivity contribution < 1.29 is 19.4 Å². The topological polar surface area (TPSA) is 86.5 Å². The van der Waals surface area contributed by atoms with Gasteiger partial charge in [-0.25, -0.2) is 9.67 Å². The van der Waals surface area contributed by atoms with Crippen molar-refractivity contribution in [1.82, 2.24) is 14.8 Å².